The normalized spacial score (nSPS) is 20.3. The van der Waals surface area contributed by atoms with Crippen LogP contribution in [0, 0.1) is 0 Å². The summed E-state index contributed by atoms with van der Waals surface area (Å²) in [5.74, 6) is 0. The Hall–Kier alpha value is -0.120. The van der Waals surface area contributed by atoms with Gasteiger partial charge in [-0.05, 0) is 26.2 Å². The van der Waals surface area contributed by atoms with E-state index in [1.165, 1.54) is 19.3 Å². The van der Waals surface area contributed by atoms with E-state index in [4.69, 9.17) is 5.11 Å². The van der Waals surface area contributed by atoms with Gasteiger partial charge in [0.05, 0.1) is 6.10 Å². The Morgan fingerprint density at radius 1 is 1.46 bits per heavy atom. The summed E-state index contributed by atoms with van der Waals surface area (Å²) in [4.78, 5) is 2.31. The first kappa shape index (κ1) is 11.0. The van der Waals surface area contributed by atoms with Crippen molar-refractivity contribution in [1.29, 1.82) is 0 Å². The SMILES string of the molecule is C[C@@H](O)CN(CCCO)C1CCC1. The second-order valence-corrected chi connectivity index (χ2v) is 4.01. The van der Waals surface area contributed by atoms with E-state index >= 15 is 0 Å². The molecule has 1 aliphatic rings. The molecule has 1 atom stereocenters. The van der Waals surface area contributed by atoms with Gasteiger partial charge in [-0.3, -0.25) is 4.90 Å². The lowest BCUT2D eigenvalue weighted by Crippen LogP contribution is -2.44. The van der Waals surface area contributed by atoms with Gasteiger partial charge in [0.15, 0.2) is 0 Å². The maximum absolute atomic E-state index is 9.29. The molecule has 1 rings (SSSR count). The van der Waals surface area contributed by atoms with E-state index in [1.807, 2.05) is 6.92 Å². The standard InChI is InChI=1S/C10H21NO2/c1-9(13)8-11(6-3-7-12)10-4-2-5-10/h9-10,12-13H,2-8H2,1H3/t9-/m1/s1. The van der Waals surface area contributed by atoms with E-state index in [2.05, 4.69) is 4.90 Å². The van der Waals surface area contributed by atoms with Crippen LogP contribution in [0.3, 0.4) is 0 Å². The van der Waals surface area contributed by atoms with E-state index in [0.29, 0.717) is 6.04 Å². The molecule has 0 aromatic heterocycles. The number of hydrogen-bond donors (Lipinski definition) is 2. The Balaban J connectivity index is 2.24. The summed E-state index contributed by atoms with van der Waals surface area (Å²) in [6.07, 6.45) is 4.42. The second-order valence-electron chi connectivity index (χ2n) is 4.01. The quantitative estimate of drug-likeness (QED) is 0.640. The minimum atomic E-state index is -0.251. The van der Waals surface area contributed by atoms with Crippen LogP contribution < -0.4 is 0 Å². The van der Waals surface area contributed by atoms with Crippen molar-refractivity contribution in [2.75, 3.05) is 19.7 Å². The van der Waals surface area contributed by atoms with E-state index in [-0.39, 0.29) is 12.7 Å². The van der Waals surface area contributed by atoms with Crippen molar-refractivity contribution in [2.45, 2.75) is 44.8 Å². The first-order valence-electron chi connectivity index (χ1n) is 5.27. The smallest absolute Gasteiger partial charge is 0.0639 e. The van der Waals surface area contributed by atoms with Crippen LogP contribution in [0.5, 0.6) is 0 Å². The van der Waals surface area contributed by atoms with Gasteiger partial charge in [-0.15, -0.1) is 0 Å². The van der Waals surface area contributed by atoms with E-state index in [0.717, 1.165) is 19.5 Å². The van der Waals surface area contributed by atoms with Crippen LogP contribution in [0.25, 0.3) is 0 Å². The third kappa shape index (κ3) is 3.63. The number of nitrogens with zero attached hydrogens (tertiary/aromatic N) is 1. The molecule has 0 aromatic rings. The Kier molecular flexibility index (Phi) is 4.70. The van der Waals surface area contributed by atoms with Gasteiger partial charge in [-0.1, -0.05) is 6.42 Å². The molecule has 1 aliphatic carbocycles. The minimum absolute atomic E-state index is 0.251. The zero-order chi connectivity index (χ0) is 9.68. The molecule has 3 heteroatoms. The van der Waals surface area contributed by atoms with Crippen LogP contribution in [0.2, 0.25) is 0 Å². The fraction of sp³-hybridized carbons (Fsp3) is 1.00. The molecule has 0 spiro atoms. The molecular weight excluding hydrogens is 166 g/mol. The Bertz CT molecular complexity index is 135. The van der Waals surface area contributed by atoms with Gasteiger partial charge >= 0.3 is 0 Å². The van der Waals surface area contributed by atoms with Gasteiger partial charge in [0.2, 0.25) is 0 Å². The highest BCUT2D eigenvalue weighted by molar-refractivity contribution is 4.80. The molecular formula is C10H21NO2. The molecule has 0 aromatic carbocycles. The minimum Gasteiger partial charge on any atom is -0.396 e. The fourth-order valence-electron chi connectivity index (χ4n) is 1.79. The lowest BCUT2D eigenvalue weighted by molar-refractivity contribution is 0.0616. The van der Waals surface area contributed by atoms with Crippen molar-refractivity contribution in [3.63, 3.8) is 0 Å². The summed E-state index contributed by atoms with van der Waals surface area (Å²) in [6.45, 7) is 3.75. The monoisotopic (exact) mass is 187 g/mol. The van der Waals surface area contributed by atoms with Gasteiger partial charge in [-0.25, -0.2) is 0 Å². The lowest BCUT2D eigenvalue weighted by atomic mass is 9.91. The third-order valence-corrected chi connectivity index (χ3v) is 2.69. The van der Waals surface area contributed by atoms with Crippen molar-refractivity contribution >= 4 is 0 Å². The molecule has 0 bridgehead atoms. The van der Waals surface area contributed by atoms with Crippen LogP contribution in [0.4, 0.5) is 0 Å². The van der Waals surface area contributed by atoms with E-state index in [1.54, 1.807) is 0 Å². The molecule has 13 heavy (non-hydrogen) atoms. The first-order chi connectivity index (χ1) is 6.24. The molecule has 0 aliphatic heterocycles. The van der Waals surface area contributed by atoms with Crippen molar-refractivity contribution in [3.05, 3.63) is 0 Å². The predicted molar refractivity (Wildman–Crippen MR) is 52.6 cm³/mol. The molecule has 1 saturated carbocycles. The highest BCUT2D eigenvalue weighted by Crippen LogP contribution is 2.24. The van der Waals surface area contributed by atoms with Crippen molar-refractivity contribution in [1.82, 2.24) is 4.90 Å². The summed E-state index contributed by atoms with van der Waals surface area (Å²) < 4.78 is 0. The summed E-state index contributed by atoms with van der Waals surface area (Å²) in [5.41, 5.74) is 0. The second kappa shape index (κ2) is 5.58. The topological polar surface area (TPSA) is 43.7 Å². The number of hydrogen-bond acceptors (Lipinski definition) is 3. The van der Waals surface area contributed by atoms with Crippen LogP contribution in [-0.2, 0) is 0 Å². The fourth-order valence-corrected chi connectivity index (χ4v) is 1.79. The highest BCUT2D eigenvalue weighted by Gasteiger charge is 2.24. The summed E-state index contributed by atoms with van der Waals surface area (Å²) in [5, 5.41) is 18.0. The average molecular weight is 187 g/mol. The first-order valence-corrected chi connectivity index (χ1v) is 5.27. The Morgan fingerprint density at radius 3 is 2.54 bits per heavy atom. The highest BCUT2D eigenvalue weighted by atomic mass is 16.3. The zero-order valence-corrected chi connectivity index (χ0v) is 8.45. The molecule has 2 N–H and O–H groups in total. The Labute approximate surface area is 80.4 Å². The van der Waals surface area contributed by atoms with Crippen LogP contribution in [0.1, 0.15) is 32.6 Å². The van der Waals surface area contributed by atoms with E-state index < -0.39 is 0 Å². The molecule has 0 radical (unpaired) electrons. The predicted octanol–water partition coefficient (Wildman–Crippen LogP) is 0.604. The van der Waals surface area contributed by atoms with Gasteiger partial charge < -0.3 is 10.2 Å². The van der Waals surface area contributed by atoms with Crippen molar-refractivity contribution in [3.8, 4) is 0 Å². The molecule has 0 heterocycles. The summed E-state index contributed by atoms with van der Waals surface area (Å²) in [7, 11) is 0. The molecule has 1 fully saturated rings. The van der Waals surface area contributed by atoms with Gasteiger partial charge in [0.1, 0.15) is 0 Å². The summed E-state index contributed by atoms with van der Waals surface area (Å²) in [6, 6.07) is 0.668. The average Bonchev–Trinajstić information content (AvgIpc) is 1.95. The number of aliphatic hydroxyl groups is 2. The van der Waals surface area contributed by atoms with E-state index in [9.17, 15) is 5.11 Å². The van der Waals surface area contributed by atoms with Gasteiger partial charge in [0, 0.05) is 25.7 Å². The van der Waals surface area contributed by atoms with Crippen LogP contribution in [-0.4, -0.2) is 47.0 Å². The van der Waals surface area contributed by atoms with Gasteiger partial charge in [0.25, 0.3) is 0 Å². The zero-order valence-electron chi connectivity index (χ0n) is 8.45. The molecule has 0 amide bonds. The lowest BCUT2D eigenvalue weighted by Gasteiger charge is -2.38. The third-order valence-electron chi connectivity index (χ3n) is 2.69. The van der Waals surface area contributed by atoms with Crippen molar-refractivity contribution < 1.29 is 10.2 Å². The van der Waals surface area contributed by atoms with Crippen LogP contribution in [0.15, 0.2) is 0 Å². The molecule has 3 nitrogen and oxygen atoms in total. The van der Waals surface area contributed by atoms with Gasteiger partial charge in [-0.2, -0.15) is 0 Å². The largest absolute Gasteiger partial charge is 0.396 e. The molecule has 78 valence electrons. The van der Waals surface area contributed by atoms with Crippen molar-refractivity contribution in [2.24, 2.45) is 0 Å². The number of rotatable bonds is 6. The maximum Gasteiger partial charge on any atom is 0.0639 e. The van der Waals surface area contributed by atoms with Crippen LogP contribution >= 0.6 is 0 Å². The molecule has 0 saturated heterocycles. The maximum atomic E-state index is 9.29. The summed E-state index contributed by atoms with van der Waals surface area (Å²) >= 11 is 0. The number of aliphatic hydroxyl groups excluding tert-OH is 2. The Morgan fingerprint density at radius 2 is 2.15 bits per heavy atom. The molecule has 0 unspecified atom stereocenters.